The minimum atomic E-state index is -0.0278. The Hall–Kier alpha value is -2.67. The number of aromatic nitrogens is 2. The molecule has 2 fully saturated rings. The largest absolute Gasteiger partial charge is 0.342 e. The molecule has 160 valence electrons. The number of nitrogens with zero attached hydrogens (tertiary/aromatic N) is 4. The average molecular weight is 410 g/mol. The fraction of sp³-hybridized carbons (Fsp3) is 0.522. The van der Waals surface area contributed by atoms with Gasteiger partial charge in [-0.1, -0.05) is 18.2 Å². The van der Waals surface area contributed by atoms with E-state index in [1.54, 1.807) is 11.1 Å². The zero-order valence-electron chi connectivity index (χ0n) is 17.7. The number of rotatable bonds is 6. The number of likely N-dealkylation sites (tertiary alicyclic amines) is 2. The van der Waals surface area contributed by atoms with Gasteiger partial charge in [0.25, 0.3) is 5.91 Å². The molecule has 7 nitrogen and oxygen atoms in total. The lowest BCUT2D eigenvalue weighted by Gasteiger charge is -2.33. The van der Waals surface area contributed by atoms with Crippen molar-refractivity contribution in [1.82, 2.24) is 20.0 Å². The summed E-state index contributed by atoms with van der Waals surface area (Å²) in [4.78, 5) is 31.9. The van der Waals surface area contributed by atoms with E-state index in [9.17, 15) is 9.59 Å². The predicted octanol–water partition coefficient (Wildman–Crippen LogP) is 2.88. The first-order valence-corrected chi connectivity index (χ1v) is 11.1. The third-order valence-corrected chi connectivity index (χ3v) is 6.34. The number of anilines is 1. The minimum Gasteiger partial charge on any atom is -0.342 e. The molecule has 0 unspecified atom stereocenters. The van der Waals surface area contributed by atoms with E-state index in [1.807, 2.05) is 42.2 Å². The summed E-state index contributed by atoms with van der Waals surface area (Å²) in [6.07, 6.45) is 5.75. The van der Waals surface area contributed by atoms with Crippen molar-refractivity contribution >= 4 is 17.5 Å². The lowest BCUT2D eigenvalue weighted by molar-refractivity contribution is -0.133. The first kappa shape index (κ1) is 20.6. The van der Waals surface area contributed by atoms with Crippen LogP contribution in [0.5, 0.6) is 0 Å². The summed E-state index contributed by atoms with van der Waals surface area (Å²) < 4.78 is 0. The number of hydrogen-bond acceptors (Lipinski definition) is 4. The van der Waals surface area contributed by atoms with Crippen molar-refractivity contribution in [3.05, 3.63) is 47.8 Å². The second kappa shape index (κ2) is 9.43. The number of amides is 2. The van der Waals surface area contributed by atoms with E-state index in [-0.39, 0.29) is 17.7 Å². The molecule has 7 heteroatoms. The van der Waals surface area contributed by atoms with Crippen LogP contribution in [0.1, 0.15) is 54.6 Å². The topological polar surface area (TPSA) is 72.5 Å². The van der Waals surface area contributed by atoms with E-state index in [0.717, 1.165) is 50.4 Å². The molecule has 0 spiro atoms. The highest BCUT2D eigenvalue weighted by molar-refractivity contribution is 6.06. The summed E-state index contributed by atoms with van der Waals surface area (Å²) in [5.74, 6) is 0.425. The highest BCUT2D eigenvalue weighted by atomic mass is 16.2. The Kier molecular flexibility index (Phi) is 6.47. The van der Waals surface area contributed by atoms with Crippen LogP contribution in [-0.4, -0.2) is 71.1 Å². The van der Waals surface area contributed by atoms with E-state index in [2.05, 4.69) is 15.1 Å². The van der Waals surface area contributed by atoms with E-state index < -0.39 is 0 Å². The quantitative estimate of drug-likeness (QED) is 0.796. The average Bonchev–Trinajstić information content (AvgIpc) is 3.47. The van der Waals surface area contributed by atoms with Crippen LogP contribution in [0.25, 0.3) is 0 Å². The van der Waals surface area contributed by atoms with E-state index >= 15 is 0 Å². The van der Waals surface area contributed by atoms with Gasteiger partial charge in [0.1, 0.15) is 0 Å². The molecule has 0 atom stereocenters. The number of carbonyl (C=O) groups is 2. The van der Waals surface area contributed by atoms with Crippen LogP contribution >= 0.6 is 0 Å². The molecule has 0 aliphatic carbocycles. The van der Waals surface area contributed by atoms with Gasteiger partial charge >= 0.3 is 0 Å². The van der Waals surface area contributed by atoms with E-state index in [0.29, 0.717) is 18.7 Å². The monoisotopic (exact) mass is 409 g/mol. The van der Waals surface area contributed by atoms with Crippen LogP contribution in [-0.2, 0) is 4.79 Å². The molecule has 1 aromatic carbocycles. The third-order valence-electron chi connectivity index (χ3n) is 6.34. The molecule has 4 rings (SSSR count). The standard InChI is InChI=1S/C23H31N5O2/c1-2-28(19-8-4-3-5-9-19)23(30)20-16-24-25-22(20)18-10-14-27(15-11-18)21(29)17-26-12-6-7-13-26/h3-5,8-9,16,18H,2,6-7,10-15,17H2,1H3,(H,24,25). The van der Waals surface area contributed by atoms with Gasteiger partial charge in [-0.05, 0) is 57.8 Å². The summed E-state index contributed by atoms with van der Waals surface area (Å²) in [5.41, 5.74) is 2.43. The van der Waals surface area contributed by atoms with Crippen molar-refractivity contribution in [3.63, 3.8) is 0 Å². The fourth-order valence-electron chi connectivity index (χ4n) is 4.62. The molecule has 3 heterocycles. The zero-order chi connectivity index (χ0) is 20.9. The summed E-state index contributed by atoms with van der Waals surface area (Å²) in [7, 11) is 0. The van der Waals surface area contributed by atoms with Gasteiger partial charge in [-0.25, -0.2) is 0 Å². The maximum atomic E-state index is 13.3. The molecule has 0 radical (unpaired) electrons. The van der Waals surface area contributed by atoms with Gasteiger partial charge in [-0.15, -0.1) is 0 Å². The molecule has 2 amide bonds. The minimum absolute atomic E-state index is 0.0278. The second-order valence-corrected chi connectivity index (χ2v) is 8.22. The van der Waals surface area contributed by atoms with Gasteiger partial charge in [0.05, 0.1) is 24.0 Å². The molecule has 1 N–H and O–H groups in total. The van der Waals surface area contributed by atoms with E-state index in [4.69, 9.17) is 0 Å². The van der Waals surface area contributed by atoms with Crippen LogP contribution < -0.4 is 4.90 Å². The lowest BCUT2D eigenvalue weighted by atomic mass is 9.91. The maximum absolute atomic E-state index is 13.3. The number of piperidine rings is 1. The molecular formula is C23H31N5O2. The fourth-order valence-corrected chi connectivity index (χ4v) is 4.62. The van der Waals surface area contributed by atoms with Gasteiger partial charge < -0.3 is 9.80 Å². The highest BCUT2D eigenvalue weighted by Gasteiger charge is 2.30. The zero-order valence-corrected chi connectivity index (χ0v) is 17.7. The molecule has 2 aliphatic rings. The first-order valence-electron chi connectivity index (χ1n) is 11.1. The maximum Gasteiger partial charge on any atom is 0.261 e. The van der Waals surface area contributed by atoms with Crippen LogP contribution in [0.2, 0.25) is 0 Å². The SMILES string of the molecule is CCN(C(=O)c1cn[nH]c1C1CCN(C(=O)CN2CCCC2)CC1)c1ccccc1. The first-order chi connectivity index (χ1) is 14.7. The number of hydrogen-bond donors (Lipinski definition) is 1. The van der Waals surface area contributed by atoms with Crippen molar-refractivity contribution in [2.45, 2.75) is 38.5 Å². The Bertz CT molecular complexity index is 851. The molecule has 2 saturated heterocycles. The molecular weight excluding hydrogens is 378 g/mol. The number of benzene rings is 1. The predicted molar refractivity (Wildman–Crippen MR) is 117 cm³/mol. The van der Waals surface area contributed by atoms with Gasteiger partial charge in [0.2, 0.25) is 5.91 Å². The third kappa shape index (κ3) is 4.41. The number of nitrogens with one attached hydrogen (secondary N) is 1. The van der Waals surface area contributed by atoms with Crippen LogP contribution in [0.4, 0.5) is 5.69 Å². The Morgan fingerprint density at radius 2 is 1.80 bits per heavy atom. The Labute approximate surface area is 178 Å². The molecule has 2 aromatic rings. The molecule has 1 aromatic heterocycles. The molecule has 0 saturated carbocycles. The summed E-state index contributed by atoms with van der Waals surface area (Å²) in [6, 6.07) is 9.73. The summed E-state index contributed by atoms with van der Waals surface area (Å²) >= 11 is 0. The number of aromatic amines is 1. The Morgan fingerprint density at radius 1 is 1.10 bits per heavy atom. The van der Waals surface area contributed by atoms with Gasteiger partial charge in [0, 0.05) is 31.2 Å². The molecule has 0 bridgehead atoms. The second-order valence-electron chi connectivity index (χ2n) is 8.22. The molecule has 2 aliphatic heterocycles. The van der Waals surface area contributed by atoms with Gasteiger partial charge in [-0.2, -0.15) is 5.10 Å². The normalized spacial score (nSPS) is 18.0. The van der Waals surface area contributed by atoms with Crippen molar-refractivity contribution < 1.29 is 9.59 Å². The van der Waals surface area contributed by atoms with Crippen molar-refractivity contribution in [1.29, 1.82) is 0 Å². The Morgan fingerprint density at radius 3 is 2.47 bits per heavy atom. The van der Waals surface area contributed by atoms with Crippen LogP contribution in [0.3, 0.4) is 0 Å². The molecule has 30 heavy (non-hydrogen) atoms. The smallest absolute Gasteiger partial charge is 0.261 e. The summed E-state index contributed by atoms with van der Waals surface area (Å²) in [6.45, 7) is 6.67. The van der Waals surface area contributed by atoms with Crippen molar-refractivity contribution in [2.75, 3.05) is 44.2 Å². The number of carbonyl (C=O) groups excluding carboxylic acids is 2. The van der Waals surface area contributed by atoms with Gasteiger partial charge in [-0.3, -0.25) is 19.6 Å². The van der Waals surface area contributed by atoms with Crippen LogP contribution in [0, 0.1) is 0 Å². The Balaban J connectivity index is 1.40. The summed E-state index contributed by atoms with van der Waals surface area (Å²) in [5, 5.41) is 7.27. The lowest BCUT2D eigenvalue weighted by Crippen LogP contribution is -2.43. The highest BCUT2D eigenvalue weighted by Crippen LogP contribution is 2.30. The van der Waals surface area contributed by atoms with Crippen LogP contribution in [0.15, 0.2) is 36.5 Å². The van der Waals surface area contributed by atoms with Gasteiger partial charge in [0.15, 0.2) is 0 Å². The van der Waals surface area contributed by atoms with E-state index in [1.165, 1.54) is 12.8 Å². The number of H-pyrrole nitrogens is 1. The number of para-hydroxylation sites is 1. The van der Waals surface area contributed by atoms with Crippen molar-refractivity contribution in [2.24, 2.45) is 0 Å². The van der Waals surface area contributed by atoms with Crippen molar-refractivity contribution in [3.8, 4) is 0 Å².